The molecule has 0 aliphatic heterocycles. The molecule has 0 fully saturated rings. The molecule has 0 radical (unpaired) electrons. The molecule has 1 aromatic carbocycles. The second-order valence-corrected chi connectivity index (χ2v) is 11.1. The van der Waals surface area contributed by atoms with Crippen LogP contribution in [-0.4, -0.2) is 29.7 Å². The second-order valence-electron chi connectivity index (χ2n) is 7.41. The van der Waals surface area contributed by atoms with Gasteiger partial charge in [-0.2, -0.15) is 5.10 Å². The van der Waals surface area contributed by atoms with Gasteiger partial charge in [0.15, 0.2) is 0 Å². The Morgan fingerprint density at radius 2 is 1.81 bits per heavy atom. The van der Waals surface area contributed by atoms with Gasteiger partial charge < -0.3 is 0 Å². The highest BCUT2D eigenvalue weighted by Gasteiger charge is 2.16. The highest BCUT2D eigenvalue weighted by Crippen LogP contribution is 2.35. The van der Waals surface area contributed by atoms with Crippen molar-refractivity contribution in [3.63, 3.8) is 0 Å². The van der Waals surface area contributed by atoms with Crippen molar-refractivity contribution in [3.8, 4) is 20.5 Å². The van der Waals surface area contributed by atoms with Crippen LogP contribution in [0, 0.1) is 20.8 Å². The smallest absolute Gasteiger partial charge is 0.266 e. The van der Waals surface area contributed by atoms with Crippen molar-refractivity contribution in [1.82, 2.24) is 19.5 Å². The fourth-order valence-electron chi connectivity index (χ4n) is 3.33. The first-order chi connectivity index (χ1) is 15.2. The summed E-state index contributed by atoms with van der Waals surface area (Å²) in [4.78, 5) is 19.1. The maximum Gasteiger partial charge on any atom is 0.266 e. The zero-order valence-corrected chi connectivity index (χ0v) is 20.3. The van der Waals surface area contributed by atoms with Gasteiger partial charge in [0.2, 0.25) is 10.0 Å². The lowest BCUT2D eigenvalue weighted by atomic mass is 10.2. The van der Waals surface area contributed by atoms with Gasteiger partial charge in [0.05, 0.1) is 26.9 Å². The molecule has 0 atom stereocenters. The highest BCUT2D eigenvalue weighted by atomic mass is 32.2. The van der Waals surface area contributed by atoms with Crippen molar-refractivity contribution in [1.29, 1.82) is 0 Å². The minimum atomic E-state index is -3.68. The number of nitrogens with zero attached hydrogens (tertiary/aromatic N) is 3. The van der Waals surface area contributed by atoms with E-state index < -0.39 is 10.0 Å². The molecule has 166 valence electrons. The molecule has 1 N–H and O–H groups in total. The van der Waals surface area contributed by atoms with Gasteiger partial charge in [-0.25, -0.2) is 22.8 Å². The molecular formula is C22H22N4O3S3. The maximum atomic E-state index is 12.6. The summed E-state index contributed by atoms with van der Waals surface area (Å²) in [5.41, 5.74) is 2.93. The number of thiophene rings is 1. The van der Waals surface area contributed by atoms with E-state index in [1.54, 1.807) is 29.5 Å². The summed E-state index contributed by atoms with van der Waals surface area (Å²) in [5, 5.41) is 7.38. The Bertz CT molecular complexity index is 1400. The summed E-state index contributed by atoms with van der Waals surface area (Å²) in [5.74, 6) is 0. The fourth-order valence-corrected chi connectivity index (χ4v) is 6.36. The first kappa shape index (κ1) is 22.5. The SMILES string of the molecule is Cc1cc(C)cc(S(=O)(=O)NCCn2nc(-c3sc(-c4cccs4)nc3C)ccc2=O)c1. The van der Waals surface area contributed by atoms with Crippen molar-refractivity contribution < 1.29 is 8.42 Å². The van der Waals surface area contributed by atoms with Crippen LogP contribution in [0.4, 0.5) is 0 Å². The van der Waals surface area contributed by atoms with E-state index >= 15 is 0 Å². The average molecular weight is 487 g/mol. The average Bonchev–Trinajstić information content (AvgIpc) is 3.38. The third-order valence-electron chi connectivity index (χ3n) is 4.75. The lowest BCUT2D eigenvalue weighted by Gasteiger charge is -2.10. The zero-order valence-electron chi connectivity index (χ0n) is 17.8. The van der Waals surface area contributed by atoms with Crippen LogP contribution < -0.4 is 10.3 Å². The highest BCUT2D eigenvalue weighted by molar-refractivity contribution is 7.89. The molecule has 7 nitrogen and oxygen atoms in total. The van der Waals surface area contributed by atoms with Gasteiger partial charge >= 0.3 is 0 Å². The molecule has 0 amide bonds. The molecule has 0 unspecified atom stereocenters. The van der Waals surface area contributed by atoms with E-state index in [9.17, 15) is 13.2 Å². The van der Waals surface area contributed by atoms with Gasteiger partial charge in [-0.1, -0.05) is 12.1 Å². The molecule has 0 saturated carbocycles. The molecule has 0 bridgehead atoms. The predicted molar refractivity (Wildman–Crippen MR) is 129 cm³/mol. The van der Waals surface area contributed by atoms with E-state index in [0.29, 0.717) is 5.69 Å². The van der Waals surface area contributed by atoms with Crippen LogP contribution in [0.3, 0.4) is 0 Å². The van der Waals surface area contributed by atoms with E-state index in [0.717, 1.165) is 31.6 Å². The third-order valence-corrected chi connectivity index (χ3v) is 8.41. The molecular weight excluding hydrogens is 464 g/mol. The molecule has 3 heterocycles. The lowest BCUT2D eigenvalue weighted by Crippen LogP contribution is -2.32. The molecule has 4 rings (SSSR count). The summed E-state index contributed by atoms with van der Waals surface area (Å²) in [7, 11) is -3.68. The van der Waals surface area contributed by atoms with Crippen molar-refractivity contribution >= 4 is 32.7 Å². The Hall–Kier alpha value is -2.66. The molecule has 3 aromatic heterocycles. The van der Waals surface area contributed by atoms with E-state index in [4.69, 9.17) is 0 Å². The number of hydrogen-bond acceptors (Lipinski definition) is 7. The summed E-state index contributed by atoms with van der Waals surface area (Å²) in [6, 6.07) is 12.3. The number of hydrogen-bond donors (Lipinski definition) is 1. The van der Waals surface area contributed by atoms with Crippen molar-refractivity contribution in [2.45, 2.75) is 32.2 Å². The minimum Gasteiger partial charge on any atom is -0.268 e. The van der Waals surface area contributed by atoms with Crippen LogP contribution in [-0.2, 0) is 16.6 Å². The fraction of sp³-hybridized carbons (Fsp3) is 0.227. The van der Waals surface area contributed by atoms with Crippen molar-refractivity contribution in [2.75, 3.05) is 6.54 Å². The Morgan fingerprint density at radius 3 is 2.50 bits per heavy atom. The second kappa shape index (κ2) is 9.07. The molecule has 4 aromatic rings. The number of sulfonamides is 1. The van der Waals surface area contributed by atoms with Crippen molar-refractivity contribution in [3.05, 3.63) is 75.0 Å². The Morgan fingerprint density at radius 1 is 1.06 bits per heavy atom. The van der Waals surface area contributed by atoms with E-state index in [2.05, 4.69) is 14.8 Å². The Balaban J connectivity index is 1.52. The molecule has 10 heteroatoms. The largest absolute Gasteiger partial charge is 0.268 e. The van der Waals surface area contributed by atoms with E-state index in [-0.39, 0.29) is 23.5 Å². The van der Waals surface area contributed by atoms with Gasteiger partial charge in [0.1, 0.15) is 10.7 Å². The maximum absolute atomic E-state index is 12.6. The minimum absolute atomic E-state index is 0.0494. The summed E-state index contributed by atoms with van der Waals surface area (Å²) in [6.07, 6.45) is 0. The zero-order chi connectivity index (χ0) is 22.9. The van der Waals surface area contributed by atoms with Crippen molar-refractivity contribution in [2.24, 2.45) is 0 Å². The standard InChI is InChI=1S/C22H22N4O3S3/c1-14-11-15(2)13-17(12-14)32(28,29)23-8-9-26-20(27)7-6-18(25-26)21-16(3)24-22(31-21)19-5-4-10-30-19/h4-7,10-13,23H,8-9H2,1-3H3. The number of rotatable bonds is 7. The van der Waals surface area contributed by atoms with Gasteiger partial charge in [-0.3, -0.25) is 4.79 Å². The molecule has 0 aliphatic rings. The van der Waals surface area contributed by atoms with Gasteiger partial charge in [0.25, 0.3) is 5.56 Å². The number of nitrogens with one attached hydrogen (secondary N) is 1. The van der Waals surface area contributed by atoms with Crippen LogP contribution in [0.2, 0.25) is 0 Å². The summed E-state index contributed by atoms with van der Waals surface area (Å²) >= 11 is 3.14. The number of aromatic nitrogens is 3. The Labute approximate surface area is 194 Å². The normalized spacial score (nSPS) is 11.7. The molecule has 0 saturated heterocycles. The quantitative estimate of drug-likeness (QED) is 0.426. The van der Waals surface area contributed by atoms with Crippen LogP contribution in [0.25, 0.3) is 20.5 Å². The van der Waals surface area contributed by atoms with Crippen LogP contribution >= 0.6 is 22.7 Å². The van der Waals surface area contributed by atoms with E-state index in [1.165, 1.54) is 22.1 Å². The molecule has 32 heavy (non-hydrogen) atoms. The lowest BCUT2D eigenvalue weighted by molar-refractivity contribution is 0.548. The van der Waals surface area contributed by atoms with Gasteiger partial charge in [-0.05, 0) is 61.5 Å². The van der Waals surface area contributed by atoms with E-state index in [1.807, 2.05) is 44.4 Å². The molecule has 0 aliphatic carbocycles. The topological polar surface area (TPSA) is 93.9 Å². The van der Waals surface area contributed by atoms with Crippen LogP contribution in [0.1, 0.15) is 16.8 Å². The number of benzene rings is 1. The monoisotopic (exact) mass is 486 g/mol. The van der Waals surface area contributed by atoms with Gasteiger partial charge in [-0.15, -0.1) is 22.7 Å². The summed E-state index contributed by atoms with van der Waals surface area (Å²) < 4.78 is 29.1. The summed E-state index contributed by atoms with van der Waals surface area (Å²) in [6.45, 7) is 5.79. The first-order valence-corrected chi connectivity index (χ1v) is 13.1. The van der Waals surface area contributed by atoms with Crippen LogP contribution in [0.15, 0.2) is 57.5 Å². The molecule has 0 spiro atoms. The number of aryl methyl sites for hydroxylation is 3. The van der Waals surface area contributed by atoms with Crippen LogP contribution in [0.5, 0.6) is 0 Å². The number of thiazole rings is 1. The predicted octanol–water partition coefficient (Wildman–Crippen LogP) is 4.00. The first-order valence-electron chi connectivity index (χ1n) is 9.91. The third kappa shape index (κ3) is 4.88. The van der Waals surface area contributed by atoms with Gasteiger partial charge in [0, 0.05) is 12.6 Å². The Kier molecular flexibility index (Phi) is 6.38.